The minimum absolute atomic E-state index is 0. The van der Waals surface area contributed by atoms with Gasteiger partial charge in [-0.05, 0) is 24.3 Å². The Morgan fingerprint density at radius 3 is 2.64 bits per heavy atom. The van der Waals surface area contributed by atoms with Gasteiger partial charge >= 0.3 is 29.6 Å². The predicted molar refractivity (Wildman–Crippen MR) is 36.1 cm³/mol. The number of carbonyl (C=O) groups is 1. The molecule has 0 bridgehead atoms. The quantitative estimate of drug-likeness (QED) is 0.227. The Balaban J connectivity index is 0.000001000. The van der Waals surface area contributed by atoms with Crippen molar-refractivity contribution in [3.63, 3.8) is 0 Å². The molecule has 0 N–H and O–H groups in total. The maximum Gasteiger partial charge on any atom is 1.00 e. The molecule has 2 nitrogen and oxygen atoms in total. The Morgan fingerprint density at radius 2 is 2.27 bits per heavy atom. The monoisotopic (exact) mass is 162 g/mol. The molecular formula is C8H11NaO2. The molecule has 1 rings (SSSR count). The van der Waals surface area contributed by atoms with E-state index in [0.717, 1.165) is 12.8 Å². The van der Waals surface area contributed by atoms with E-state index in [-0.39, 0.29) is 41.3 Å². The molecule has 0 aromatic rings. The van der Waals surface area contributed by atoms with E-state index >= 15 is 0 Å². The standard InChI is InChI=1S/C8H12O2.Na/c1-6-3-2-4-8(10)7(6)5-9;/h5-6,9H,2-4H2,1H3;/q;+1/p-1. The summed E-state index contributed by atoms with van der Waals surface area (Å²) < 4.78 is 0. The second kappa shape index (κ2) is 4.96. The first-order chi connectivity index (χ1) is 4.75. The molecule has 0 saturated heterocycles. The number of hydrogen-bond acceptors (Lipinski definition) is 2. The molecule has 0 radical (unpaired) electrons. The Hall–Kier alpha value is 0.210. The van der Waals surface area contributed by atoms with Crippen molar-refractivity contribution < 1.29 is 39.5 Å². The summed E-state index contributed by atoms with van der Waals surface area (Å²) in [4.78, 5) is 11.0. The van der Waals surface area contributed by atoms with E-state index in [0.29, 0.717) is 18.3 Å². The zero-order chi connectivity index (χ0) is 7.56. The van der Waals surface area contributed by atoms with Crippen LogP contribution in [0, 0.1) is 5.92 Å². The van der Waals surface area contributed by atoms with Crippen LogP contribution in [-0.2, 0) is 4.79 Å². The Kier molecular flexibility index (Phi) is 5.06. The first-order valence-corrected chi connectivity index (χ1v) is 3.61. The normalized spacial score (nSPS) is 28.3. The second-order valence-electron chi connectivity index (χ2n) is 2.79. The predicted octanol–water partition coefficient (Wildman–Crippen LogP) is -2.38. The van der Waals surface area contributed by atoms with Crippen LogP contribution in [-0.4, -0.2) is 5.78 Å². The summed E-state index contributed by atoms with van der Waals surface area (Å²) in [5.74, 6) is 0.243. The largest absolute Gasteiger partial charge is 1.00 e. The van der Waals surface area contributed by atoms with E-state index in [1.807, 2.05) is 6.92 Å². The van der Waals surface area contributed by atoms with Gasteiger partial charge < -0.3 is 5.11 Å². The second-order valence-corrected chi connectivity index (χ2v) is 2.79. The van der Waals surface area contributed by atoms with E-state index < -0.39 is 0 Å². The molecule has 1 aliphatic rings. The summed E-state index contributed by atoms with van der Waals surface area (Å²) in [6.07, 6.45) is 3.21. The van der Waals surface area contributed by atoms with Gasteiger partial charge in [0.05, 0.1) is 0 Å². The van der Waals surface area contributed by atoms with Gasteiger partial charge in [0, 0.05) is 6.42 Å². The van der Waals surface area contributed by atoms with E-state index in [1.165, 1.54) is 0 Å². The molecule has 0 aromatic heterocycles. The number of hydrogen-bond donors (Lipinski definition) is 0. The van der Waals surface area contributed by atoms with Gasteiger partial charge in [0.15, 0.2) is 5.78 Å². The summed E-state index contributed by atoms with van der Waals surface area (Å²) in [7, 11) is 0. The third kappa shape index (κ3) is 2.62. The van der Waals surface area contributed by atoms with Gasteiger partial charge in [-0.3, -0.25) is 4.79 Å². The number of rotatable bonds is 0. The summed E-state index contributed by atoms with van der Waals surface area (Å²) in [5.41, 5.74) is 0.492. The number of ketones is 1. The SMILES string of the molecule is CC1CCCC(=O)C1=C[O-].[Na+]. The van der Waals surface area contributed by atoms with Gasteiger partial charge in [0.1, 0.15) is 0 Å². The van der Waals surface area contributed by atoms with E-state index in [9.17, 15) is 9.90 Å². The fourth-order valence-electron chi connectivity index (χ4n) is 1.33. The number of Topliss-reactive ketones (excluding diaryl/α,β-unsaturated/α-hetero) is 1. The topological polar surface area (TPSA) is 40.1 Å². The van der Waals surface area contributed by atoms with Crippen molar-refractivity contribution in [3.8, 4) is 0 Å². The van der Waals surface area contributed by atoms with Crippen LogP contribution in [0.2, 0.25) is 0 Å². The molecule has 1 unspecified atom stereocenters. The maximum absolute atomic E-state index is 11.0. The summed E-state index contributed by atoms with van der Waals surface area (Å²) >= 11 is 0. The van der Waals surface area contributed by atoms with Gasteiger partial charge in [-0.2, -0.15) is 0 Å². The maximum atomic E-state index is 11.0. The van der Waals surface area contributed by atoms with Crippen LogP contribution < -0.4 is 34.7 Å². The smallest absolute Gasteiger partial charge is 0.878 e. The molecule has 1 aliphatic carbocycles. The van der Waals surface area contributed by atoms with Crippen LogP contribution in [0.1, 0.15) is 26.2 Å². The van der Waals surface area contributed by atoms with Crippen molar-refractivity contribution >= 4 is 5.78 Å². The van der Waals surface area contributed by atoms with Crippen molar-refractivity contribution in [2.45, 2.75) is 26.2 Å². The fraction of sp³-hybridized carbons (Fsp3) is 0.625. The molecule has 1 fully saturated rings. The molecule has 0 spiro atoms. The number of allylic oxidation sites excluding steroid dienone is 1. The Bertz CT molecular complexity index is 175. The molecule has 0 heterocycles. The average molecular weight is 162 g/mol. The van der Waals surface area contributed by atoms with Crippen molar-refractivity contribution in [1.82, 2.24) is 0 Å². The Morgan fingerprint density at radius 1 is 1.64 bits per heavy atom. The number of carbonyl (C=O) groups excluding carboxylic acids is 1. The minimum Gasteiger partial charge on any atom is -0.878 e. The zero-order valence-corrected chi connectivity index (χ0v) is 9.09. The van der Waals surface area contributed by atoms with Gasteiger partial charge in [0.25, 0.3) is 0 Å². The van der Waals surface area contributed by atoms with Crippen molar-refractivity contribution in [1.29, 1.82) is 0 Å². The molecule has 0 aromatic carbocycles. The van der Waals surface area contributed by atoms with Gasteiger partial charge in [-0.25, -0.2) is 0 Å². The Labute approximate surface area is 89.0 Å². The van der Waals surface area contributed by atoms with Crippen LogP contribution in [0.25, 0.3) is 0 Å². The van der Waals surface area contributed by atoms with Gasteiger partial charge in [-0.15, -0.1) is 6.26 Å². The van der Waals surface area contributed by atoms with Crippen LogP contribution in [0.15, 0.2) is 11.8 Å². The van der Waals surface area contributed by atoms with Crippen LogP contribution >= 0.6 is 0 Å². The van der Waals surface area contributed by atoms with E-state index in [1.54, 1.807) is 0 Å². The van der Waals surface area contributed by atoms with Crippen LogP contribution in [0.4, 0.5) is 0 Å². The molecule has 11 heavy (non-hydrogen) atoms. The summed E-state index contributed by atoms with van der Waals surface area (Å²) in [6.45, 7) is 1.93. The molecule has 0 amide bonds. The van der Waals surface area contributed by atoms with Gasteiger partial charge in [0.2, 0.25) is 0 Å². The zero-order valence-electron chi connectivity index (χ0n) is 7.09. The summed E-state index contributed by atoms with van der Waals surface area (Å²) in [5, 5.41) is 10.3. The molecule has 0 aliphatic heterocycles. The van der Waals surface area contributed by atoms with E-state index in [2.05, 4.69) is 0 Å². The fourth-order valence-corrected chi connectivity index (χ4v) is 1.33. The van der Waals surface area contributed by atoms with Crippen molar-refractivity contribution in [2.75, 3.05) is 0 Å². The molecule has 1 atom stereocenters. The van der Waals surface area contributed by atoms with Crippen LogP contribution in [0.3, 0.4) is 0 Å². The first-order valence-electron chi connectivity index (χ1n) is 3.61. The van der Waals surface area contributed by atoms with E-state index in [4.69, 9.17) is 0 Å². The third-order valence-corrected chi connectivity index (χ3v) is 2.02. The molecule has 3 heteroatoms. The molecule has 1 saturated carbocycles. The van der Waals surface area contributed by atoms with Crippen molar-refractivity contribution in [2.24, 2.45) is 5.92 Å². The summed E-state index contributed by atoms with van der Waals surface area (Å²) in [6, 6.07) is 0. The average Bonchev–Trinajstić information content (AvgIpc) is 1.88. The first kappa shape index (κ1) is 11.2. The molecular weight excluding hydrogens is 151 g/mol. The third-order valence-electron chi connectivity index (χ3n) is 2.02. The minimum atomic E-state index is 0. The van der Waals surface area contributed by atoms with Gasteiger partial charge in [-0.1, -0.05) is 6.92 Å². The van der Waals surface area contributed by atoms with Crippen molar-refractivity contribution in [3.05, 3.63) is 11.8 Å². The van der Waals surface area contributed by atoms with Crippen LogP contribution in [0.5, 0.6) is 0 Å². The molecule has 56 valence electrons.